The van der Waals surface area contributed by atoms with E-state index in [1.165, 1.54) is 4.31 Å². The Kier molecular flexibility index (Phi) is 6.45. The summed E-state index contributed by atoms with van der Waals surface area (Å²) in [6.07, 6.45) is 0.770. The third kappa shape index (κ3) is 4.18. The minimum absolute atomic E-state index is 0.0308. The maximum Gasteiger partial charge on any atom is 0.279 e. The summed E-state index contributed by atoms with van der Waals surface area (Å²) in [5.41, 5.74) is 1.01. The van der Waals surface area contributed by atoms with Gasteiger partial charge in [0.2, 0.25) is 0 Å². The number of methoxy groups -OCH3 is 2. The van der Waals surface area contributed by atoms with Crippen molar-refractivity contribution in [2.75, 3.05) is 47.4 Å². The van der Waals surface area contributed by atoms with Crippen LogP contribution in [-0.4, -0.2) is 65.1 Å². The van der Waals surface area contributed by atoms with Gasteiger partial charge in [0.25, 0.3) is 10.2 Å². The Morgan fingerprint density at radius 1 is 1.21 bits per heavy atom. The molecule has 7 nitrogen and oxygen atoms in total. The Bertz CT molecular complexity index is 651. The lowest BCUT2D eigenvalue weighted by atomic mass is 10.0. The van der Waals surface area contributed by atoms with Crippen molar-refractivity contribution in [2.24, 2.45) is 0 Å². The van der Waals surface area contributed by atoms with Crippen LogP contribution in [0.15, 0.2) is 18.2 Å². The molecular formula is C16H27N3O4S. The van der Waals surface area contributed by atoms with Gasteiger partial charge in [-0.15, -0.1) is 0 Å². The van der Waals surface area contributed by atoms with E-state index in [1.54, 1.807) is 14.2 Å². The van der Waals surface area contributed by atoms with Gasteiger partial charge in [-0.05, 0) is 31.2 Å². The van der Waals surface area contributed by atoms with E-state index in [0.29, 0.717) is 37.7 Å². The Labute approximate surface area is 144 Å². The fourth-order valence-electron chi connectivity index (χ4n) is 2.81. The van der Waals surface area contributed by atoms with Crippen molar-refractivity contribution >= 4 is 10.2 Å². The lowest BCUT2D eigenvalue weighted by Gasteiger charge is -2.39. The van der Waals surface area contributed by atoms with Crippen LogP contribution >= 0.6 is 0 Å². The standard InChI is InChI=1S/C16H27N3O4S/c1-5-8-17-24(20,21)19-10-9-18(2)14(12-19)13-6-7-15(22-3)16(11-13)23-4/h6-7,11,14,17H,5,8-10,12H2,1-4H3. The molecule has 8 heteroatoms. The number of hydrogen-bond donors (Lipinski definition) is 1. The molecule has 0 radical (unpaired) electrons. The molecule has 1 aliphatic rings. The van der Waals surface area contributed by atoms with Crippen LogP contribution in [0.1, 0.15) is 24.9 Å². The molecule has 1 saturated heterocycles. The summed E-state index contributed by atoms with van der Waals surface area (Å²) < 4.78 is 39.6. The van der Waals surface area contributed by atoms with E-state index in [1.807, 2.05) is 32.2 Å². The van der Waals surface area contributed by atoms with Gasteiger partial charge in [0.1, 0.15) is 0 Å². The number of likely N-dealkylation sites (N-methyl/N-ethyl adjacent to an activating group) is 1. The highest BCUT2D eigenvalue weighted by atomic mass is 32.2. The summed E-state index contributed by atoms with van der Waals surface area (Å²) in [5, 5.41) is 0. The Morgan fingerprint density at radius 2 is 1.92 bits per heavy atom. The minimum atomic E-state index is -3.44. The second kappa shape index (κ2) is 8.15. The van der Waals surface area contributed by atoms with Crippen molar-refractivity contribution in [3.8, 4) is 11.5 Å². The van der Waals surface area contributed by atoms with Crippen LogP contribution in [0.4, 0.5) is 0 Å². The molecule has 1 heterocycles. The van der Waals surface area contributed by atoms with Gasteiger partial charge < -0.3 is 9.47 Å². The molecule has 0 saturated carbocycles. The first-order valence-electron chi connectivity index (χ1n) is 8.09. The van der Waals surface area contributed by atoms with E-state index in [9.17, 15) is 8.42 Å². The first-order chi connectivity index (χ1) is 11.4. The molecule has 1 unspecified atom stereocenters. The maximum absolute atomic E-state index is 12.4. The highest BCUT2D eigenvalue weighted by molar-refractivity contribution is 7.87. The normalized spacial score (nSPS) is 20.1. The van der Waals surface area contributed by atoms with Gasteiger partial charge in [-0.1, -0.05) is 13.0 Å². The third-order valence-electron chi connectivity index (χ3n) is 4.28. The molecule has 0 bridgehead atoms. The monoisotopic (exact) mass is 357 g/mol. The summed E-state index contributed by atoms with van der Waals surface area (Å²) >= 11 is 0. The van der Waals surface area contributed by atoms with Gasteiger partial charge in [-0.25, -0.2) is 4.72 Å². The first-order valence-corrected chi connectivity index (χ1v) is 9.53. The molecule has 1 aliphatic heterocycles. The highest BCUT2D eigenvalue weighted by Crippen LogP contribution is 2.33. The Balaban J connectivity index is 2.22. The van der Waals surface area contributed by atoms with Crippen molar-refractivity contribution in [2.45, 2.75) is 19.4 Å². The van der Waals surface area contributed by atoms with Crippen LogP contribution in [0, 0.1) is 0 Å². The van der Waals surface area contributed by atoms with Gasteiger partial charge in [0.05, 0.1) is 14.2 Å². The quantitative estimate of drug-likeness (QED) is 0.795. The van der Waals surface area contributed by atoms with Crippen LogP contribution < -0.4 is 14.2 Å². The zero-order valence-electron chi connectivity index (χ0n) is 14.8. The van der Waals surface area contributed by atoms with Crippen LogP contribution in [0.25, 0.3) is 0 Å². The van der Waals surface area contributed by atoms with E-state index < -0.39 is 10.2 Å². The van der Waals surface area contributed by atoms with E-state index in [4.69, 9.17) is 9.47 Å². The number of piperazine rings is 1. The Hall–Kier alpha value is -1.35. The number of nitrogens with one attached hydrogen (secondary N) is 1. The average molecular weight is 357 g/mol. The molecule has 1 N–H and O–H groups in total. The smallest absolute Gasteiger partial charge is 0.279 e. The van der Waals surface area contributed by atoms with Crippen LogP contribution in [0.2, 0.25) is 0 Å². The molecular weight excluding hydrogens is 330 g/mol. The molecule has 24 heavy (non-hydrogen) atoms. The predicted molar refractivity (Wildman–Crippen MR) is 93.7 cm³/mol. The van der Waals surface area contributed by atoms with E-state index >= 15 is 0 Å². The average Bonchev–Trinajstić information content (AvgIpc) is 2.59. The molecule has 0 spiro atoms. The second-order valence-electron chi connectivity index (χ2n) is 5.87. The van der Waals surface area contributed by atoms with Crippen molar-refractivity contribution < 1.29 is 17.9 Å². The van der Waals surface area contributed by atoms with Crippen molar-refractivity contribution in [3.05, 3.63) is 23.8 Å². The number of ether oxygens (including phenoxy) is 2. The van der Waals surface area contributed by atoms with Gasteiger partial charge >= 0.3 is 0 Å². The molecule has 1 aromatic carbocycles. The third-order valence-corrected chi connectivity index (χ3v) is 5.86. The van der Waals surface area contributed by atoms with E-state index in [0.717, 1.165) is 12.0 Å². The first kappa shape index (κ1) is 19.0. The van der Waals surface area contributed by atoms with Gasteiger partial charge in [0, 0.05) is 32.2 Å². The van der Waals surface area contributed by atoms with E-state index in [2.05, 4.69) is 9.62 Å². The fourth-order valence-corrected chi connectivity index (χ4v) is 4.11. The number of benzene rings is 1. The van der Waals surface area contributed by atoms with Crippen LogP contribution in [0.5, 0.6) is 11.5 Å². The minimum Gasteiger partial charge on any atom is -0.493 e. The zero-order valence-corrected chi connectivity index (χ0v) is 15.6. The summed E-state index contributed by atoms with van der Waals surface area (Å²) in [4.78, 5) is 2.16. The summed E-state index contributed by atoms with van der Waals surface area (Å²) in [6.45, 7) is 3.96. The molecule has 0 amide bonds. The predicted octanol–water partition coefficient (Wildman–Crippen LogP) is 1.24. The Morgan fingerprint density at radius 3 is 2.54 bits per heavy atom. The van der Waals surface area contributed by atoms with Crippen LogP contribution in [-0.2, 0) is 10.2 Å². The van der Waals surface area contributed by atoms with Gasteiger partial charge in [-0.2, -0.15) is 12.7 Å². The maximum atomic E-state index is 12.4. The lowest BCUT2D eigenvalue weighted by molar-refractivity contribution is 0.147. The number of nitrogens with zero attached hydrogens (tertiary/aromatic N) is 2. The summed E-state index contributed by atoms with van der Waals surface area (Å²) in [7, 11) is 1.76. The van der Waals surface area contributed by atoms with Crippen molar-refractivity contribution in [1.29, 1.82) is 0 Å². The molecule has 2 rings (SSSR count). The van der Waals surface area contributed by atoms with Crippen molar-refractivity contribution in [3.63, 3.8) is 0 Å². The summed E-state index contributed by atoms with van der Waals surface area (Å²) in [5.74, 6) is 1.31. The second-order valence-corrected chi connectivity index (χ2v) is 7.62. The topological polar surface area (TPSA) is 71.1 Å². The largest absolute Gasteiger partial charge is 0.493 e. The SMILES string of the molecule is CCCNS(=O)(=O)N1CCN(C)C(c2ccc(OC)c(OC)c2)C1. The summed E-state index contributed by atoms with van der Waals surface area (Å²) in [6, 6.07) is 5.69. The zero-order chi connectivity index (χ0) is 17.7. The molecule has 1 aromatic rings. The molecule has 0 aliphatic carbocycles. The lowest BCUT2D eigenvalue weighted by Crippen LogP contribution is -2.52. The van der Waals surface area contributed by atoms with Gasteiger partial charge in [-0.3, -0.25) is 4.90 Å². The van der Waals surface area contributed by atoms with Gasteiger partial charge in [0.15, 0.2) is 11.5 Å². The molecule has 1 atom stereocenters. The fraction of sp³-hybridized carbons (Fsp3) is 0.625. The number of hydrogen-bond acceptors (Lipinski definition) is 5. The van der Waals surface area contributed by atoms with Crippen LogP contribution in [0.3, 0.4) is 0 Å². The van der Waals surface area contributed by atoms with E-state index in [-0.39, 0.29) is 6.04 Å². The number of rotatable bonds is 7. The molecule has 1 fully saturated rings. The highest BCUT2D eigenvalue weighted by Gasteiger charge is 2.32. The van der Waals surface area contributed by atoms with Crippen molar-refractivity contribution in [1.82, 2.24) is 13.9 Å². The molecule has 0 aromatic heterocycles. The molecule has 136 valence electrons.